The van der Waals surface area contributed by atoms with Gasteiger partial charge in [0, 0.05) is 6.54 Å². The topological polar surface area (TPSA) is 20.3 Å². The van der Waals surface area contributed by atoms with Gasteiger partial charge in [-0.3, -0.25) is 4.90 Å². The highest BCUT2D eigenvalue weighted by atomic mass is 16.1. The first kappa shape index (κ1) is 8.72. The summed E-state index contributed by atoms with van der Waals surface area (Å²) in [6.07, 6.45) is 5.14. The Morgan fingerprint density at radius 3 is 2.64 bits per heavy atom. The van der Waals surface area contributed by atoms with Crippen LogP contribution >= 0.6 is 0 Å². The molecule has 64 valence electrons. The maximum Gasteiger partial charge on any atom is 0.133 e. The lowest BCUT2D eigenvalue weighted by Gasteiger charge is -2.30. The molecule has 0 atom stereocenters. The molecule has 1 aliphatic rings. The Labute approximate surface area is 68.6 Å². The molecule has 0 aromatic rings. The number of hydrogen-bond acceptors (Lipinski definition) is 2. The Morgan fingerprint density at radius 1 is 1.55 bits per heavy atom. The molecule has 0 radical (unpaired) electrons. The minimum atomic E-state index is 0.618. The van der Waals surface area contributed by atoms with Crippen molar-refractivity contribution in [2.75, 3.05) is 19.6 Å². The van der Waals surface area contributed by atoms with Crippen molar-refractivity contribution in [3.63, 3.8) is 0 Å². The molecule has 0 unspecified atom stereocenters. The zero-order valence-corrected chi connectivity index (χ0v) is 7.25. The zero-order chi connectivity index (χ0) is 8.10. The van der Waals surface area contributed by atoms with Crippen LogP contribution in [-0.4, -0.2) is 30.8 Å². The molecule has 0 aliphatic heterocycles. The Kier molecular flexibility index (Phi) is 3.57. The van der Waals surface area contributed by atoms with Crippen molar-refractivity contribution in [2.45, 2.75) is 26.2 Å². The molecule has 0 spiro atoms. The molecule has 0 N–H and O–H groups in total. The summed E-state index contributed by atoms with van der Waals surface area (Å²) in [4.78, 5) is 12.4. The maximum atomic E-state index is 10.2. The third-order valence-corrected chi connectivity index (χ3v) is 2.52. The second kappa shape index (κ2) is 4.50. The lowest BCUT2D eigenvalue weighted by atomic mass is 9.85. The Morgan fingerprint density at radius 2 is 2.27 bits per heavy atom. The van der Waals surface area contributed by atoms with E-state index in [0.29, 0.717) is 6.54 Å². The quantitative estimate of drug-likeness (QED) is 0.558. The highest BCUT2D eigenvalue weighted by molar-refractivity contribution is 5.51. The zero-order valence-electron chi connectivity index (χ0n) is 7.25. The van der Waals surface area contributed by atoms with E-state index in [1.54, 1.807) is 0 Å². The van der Waals surface area contributed by atoms with Gasteiger partial charge in [0.25, 0.3) is 0 Å². The molecule has 0 amide bonds. The van der Waals surface area contributed by atoms with Gasteiger partial charge in [0.05, 0.1) is 6.54 Å². The third kappa shape index (κ3) is 2.62. The number of rotatable bonds is 5. The van der Waals surface area contributed by atoms with E-state index in [2.05, 4.69) is 11.8 Å². The minimum Gasteiger partial charge on any atom is -0.302 e. The molecule has 1 saturated carbocycles. The van der Waals surface area contributed by atoms with E-state index in [1.165, 1.54) is 19.3 Å². The molecule has 1 rings (SSSR count). The monoisotopic (exact) mass is 155 g/mol. The van der Waals surface area contributed by atoms with E-state index in [0.717, 1.165) is 25.3 Å². The van der Waals surface area contributed by atoms with Crippen LogP contribution < -0.4 is 0 Å². The SMILES string of the molecule is CCN(CC=O)CC1CCC1. The first-order valence-corrected chi connectivity index (χ1v) is 4.52. The third-order valence-electron chi connectivity index (χ3n) is 2.52. The average molecular weight is 155 g/mol. The van der Waals surface area contributed by atoms with Crippen LogP contribution in [0.1, 0.15) is 26.2 Å². The molecule has 0 aromatic heterocycles. The molecular weight excluding hydrogens is 138 g/mol. The molecule has 1 aliphatic carbocycles. The van der Waals surface area contributed by atoms with Crippen LogP contribution in [0.5, 0.6) is 0 Å². The van der Waals surface area contributed by atoms with Gasteiger partial charge >= 0.3 is 0 Å². The molecule has 11 heavy (non-hydrogen) atoms. The van der Waals surface area contributed by atoms with Crippen LogP contribution in [0.3, 0.4) is 0 Å². The van der Waals surface area contributed by atoms with Crippen LogP contribution in [0.25, 0.3) is 0 Å². The summed E-state index contributed by atoms with van der Waals surface area (Å²) in [5, 5.41) is 0. The molecule has 0 aromatic carbocycles. The van der Waals surface area contributed by atoms with Crippen molar-refractivity contribution in [3.05, 3.63) is 0 Å². The lowest BCUT2D eigenvalue weighted by molar-refractivity contribution is -0.109. The predicted octanol–water partition coefficient (Wildman–Crippen LogP) is 1.31. The van der Waals surface area contributed by atoms with Crippen molar-refractivity contribution in [1.82, 2.24) is 4.90 Å². The predicted molar refractivity (Wildman–Crippen MR) is 45.5 cm³/mol. The van der Waals surface area contributed by atoms with Crippen molar-refractivity contribution < 1.29 is 4.79 Å². The van der Waals surface area contributed by atoms with E-state index < -0.39 is 0 Å². The summed E-state index contributed by atoms with van der Waals surface area (Å²) in [5.74, 6) is 0.884. The molecule has 2 heteroatoms. The van der Waals surface area contributed by atoms with Gasteiger partial charge < -0.3 is 4.79 Å². The van der Waals surface area contributed by atoms with Crippen LogP contribution in [0.15, 0.2) is 0 Å². The van der Waals surface area contributed by atoms with Crippen molar-refractivity contribution >= 4 is 6.29 Å². The van der Waals surface area contributed by atoms with Gasteiger partial charge in [0.1, 0.15) is 6.29 Å². The number of aldehydes is 1. The van der Waals surface area contributed by atoms with Crippen LogP contribution in [0.4, 0.5) is 0 Å². The number of hydrogen-bond donors (Lipinski definition) is 0. The summed E-state index contributed by atoms with van der Waals surface area (Å²) in [5.41, 5.74) is 0. The first-order chi connectivity index (χ1) is 5.36. The van der Waals surface area contributed by atoms with Crippen LogP contribution in [-0.2, 0) is 4.79 Å². The number of nitrogens with zero attached hydrogens (tertiary/aromatic N) is 1. The molecule has 2 nitrogen and oxygen atoms in total. The largest absolute Gasteiger partial charge is 0.302 e. The summed E-state index contributed by atoms with van der Waals surface area (Å²) >= 11 is 0. The Bertz CT molecular complexity index is 121. The van der Waals surface area contributed by atoms with Crippen LogP contribution in [0, 0.1) is 5.92 Å². The number of carbonyl (C=O) groups excluding carboxylic acids is 1. The smallest absolute Gasteiger partial charge is 0.133 e. The van der Waals surface area contributed by atoms with Gasteiger partial charge in [-0.2, -0.15) is 0 Å². The van der Waals surface area contributed by atoms with E-state index in [1.807, 2.05) is 0 Å². The highest BCUT2D eigenvalue weighted by Crippen LogP contribution is 2.26. The van der Waals surface area contributed by atoms with Gasteiger partial charge in [-0.05, 0) is 25.3 Å². The second-order valence-electron chi connectivity index (χ2n) is 3.32. The maximum absolute atomic E-state index is 10.2. The average Bonchev–Trinajstić information content (AvgIpc) is 1.94. The summed E-state index contributed by atoms with van der Waals surface area (Å²) < 4.78 is 0. The normalized spacial score (nSPS) is 18.4. The standard InChI is InChI=1S/C9H17NO/c1-2-10(6-7-11)8-9-4-3-5-9/h7,9H,2-6,8H2,1H3. The van der Waals surface area contributed by atoms with Gasteiger partial charge in [0.2, 0.25) is 0 Å². The Balaban J connectivity index is 2.13. The number of carbonyl (C=O) groups is 1. The summed E-state index contributed by atoms with van der Waals surface area (Å²) in [6.45, 7) is 4.87. The van der Waals surface area contributed by atoms with E-state index >= 15 is 0 Å². The van der Waals surface area contributed by atoms with Crippen molar-refractivity contribution in [2.24, 2.45) is 5.92 Å². The van der Waals surface area contributed by atoms with E-state index in [-0.39, 0.29) is 0 Å². The van der Waals surface area contributed by atoms with Crippen molar-refractivity contribution in [1.29, 1.82) is 0 Å². The fourth-order valence-corrected chi connectivity index (χ4v) is 1.48. The first-order valence-electron chi connectivity index (χ1n) is 4.52. The number of likely N-dealkylation sites (N-methyl/N-ethyl adjacent to an activating group) is 1. The molecule has 1 fully saturated rings. The van der Waals surface area contributed by atoms with Crippen LogP contribution in [0.2, 0.25) is 0 Å². The van der Waals surface area contributed by atoms with Gasteiger partial charge in [0.15, 0.2) is 0 Å². The fraction of sp³-hybridized carbons (Fsp3) is 0.889. The van der Waals surface area contributed by atoms with Gasteiger partial charge in [-0.15, -0.1) is 0 Å². The molecule has 0 saturated heterocycles. The van der Waals surface area contributed by atoms with Crippen molar-refractivity contribution in [3.8, 4) is 0 Å². The van der Waals surface area contributed by atoms with Gasteiger partial charge in [-0.1, -0.05) is 13.3 Å². The summed E-state index contributed by atoms with van der Waals surface area (Å²) in [6, 6.07) is 0. The highest BCUT2D eigenvalue weighted by Gasteiger charge is 2.19. The van der Waals surface area contributed by atoms with E-state index in [9.17, 15) is 4.79 Å². The summed E-state index contributed by atoms with van der Waals surface area (Å²) in [7, 11) is 0. The van der Waals surface area contributed by atoms with Gasteiger partial charge in [-0.25, -0.2) is 0 Å². The second-order valence-corrected chi connectivity index (χ2v) is 3.32. The fourth-order valence-electron chi connectivity index (χ4n) is 1.48. The van der Waals surface area contributed by atoms with E-state index in [4.69, 9.17) is 0 Å². The lowest BCUT2D eigenvalue weighted by Crippen LogP contribution is -2.33. The molecular formula is C9H17NO. The molecule has 0 bridgehead atoms. The minimum absolute atomic E-state index is 0.618. The molecule has 0 heterocycles. The Hall–Kier alpha value is -0.370.